The number of unbranched alkanes of at least 4 members (excludes halogenated alkanes) is 18. The van der Waals surface area contributed by atoms with Crippen molar-refractivity contribution in [2.24, 2.45) is 0 Å². The number of aliphatic hydroxyl groups is 1. The molecule has 0 saturated carbocycles. The van der Waals surface area contributed by atoms with Crippen molar-refractivity contribution < 1.29 is 14.6 Å². The molecule has 1 N–H and O–H groups in total. The number of hydrogen-bond acceptors (Lipinski definition) is 4. The summed E-state index contributed by atoms with van der Waals surface area (Å²) in [6.45, 7) is 8.16. The van der Waals surface area contributed by atoms with Gasteiger partial charge in [-0.2, -0.15) is 0 Å². The van der Waals surface area contributed by atoms with Gasteiger partial charge in [0.25, 0.3) is 0 Å². The maximum atomic E-state index is 9.78. The monoisotopic (exact) mass is 658 g/mol. The summed E-state index contributed by atoms with van der Waals surface area (Å²) >= 11 is 0. The average Bonchev–Trinajstić information content (AvgIpc) is 3.54. The minimum Gasteiger partial charge on any atom is -0.395 e. The number of allylic oxidation sites excluding steroid dienone is 8. The third-order valence-corrected chi connectivity index (χ3v) is 9.39. The number of hydrogen-bond donors (Lipinski definition) is 1. The van der Waals surface area contributed by atoms with Crippen molar-refractivity contribution in [3.63, 3.8) is 0 Å². The third-order valence-electron chi connectivity index (χ3n) is 9.39. The van der Waals surface area contributed by atoms with Gasteiger partial charge in [-0.3, -0.25) is 4.90 Å². The van der Waals surface area contributed by atoms with Crippen molar-refractivity contribution in [1.29, 1.82) is 0 Å². The van der Waals surface area contributed by atoms with E-state index in [1.54, 1.807) is 0 Å². The Bertz CT molecular complexity index is 695. The summed E-state index contributed by atoms with van der Waals surface area (Å²) in [7, 11) is 0. The molecule has 0 radical (unpaired) electrons. The van der Waals surface area contributed by atoms with Gasteiger partial charge in [0.2, 0.25) is 0 Å². The van der Waals surface area contributed by atoms with Crippen molar-refractivity contribution in [2.75, 3.05) is 32.9 Å². The van der Waals surface area contributed by atoms with Crippen LogP contribution in [-0.4, -0.2) is 55.2 Å². The van der Waals surface area contributed by atoms with Crippen LogP contribution in [0.15, 0.2) is 48.6 Å². The molecule has 0 amide bonds. The maximum absolute atomic E-state index is 9.78. The van der Waals surface area contributed by atoms with Gasteiger partial charge in [-0.15, -0.1) is 0 Å². The second kappa shape index (κ2) is 36.1. The van der Waals surface area contributed by atoms with Crippen LogP contribution < -0.4 is 0 Å². The molecule has 0 bridgehead atoms. The second-order valence-corrected chi connectivity index (χ2v) is 13.8. The van der Waals surface area contributed by atoms with Gasteiger partial charge in [0, 0.05) is 25.8 Å². The minimum absolute atomic E-state index is 0.168. The van der Waals surface area contributed by atoms with Crippen molar-refractivity contribution in [3.05, 3.63) is 48.6 Å². The van der Waals surface area contributed by atoms with E-state index in [1.165, 1.54) is 128 Å². The molecule has 1 atom stereocenters. The zero-order chi connectivity index (χ0) is 33.7. The van der Waals surface area contributed by atoms with E-state index in [0.29, 0.717) is 0 Å². The smallest absolute Gasteiger partial charge is 0.170 e. The minimum atomic E-state index is -0.168. The Morgan fingerprint density at radius 2 is 0.957 bits per heavy atom. The van der Waals surface area contributed by atoms with E-state index in [-0.39, 0.29) is 18.9 Å². The van der Waals surface area contributed by atoms with E-state index in [4.69, 9.17) is 9.47 Å². The molecule has 47 heavy (non-hydrogen) atoms. The molecule has 4 heteroatoms. The summed E-state index contributed by atoms with van der Waals surface area (Å²) in [6, 6.07) is 0.272. The summed E-state index contributed by atoms with van der Waals surface area (Å²) < 4.78 is 12.5. The highest BCUT2D eigenvalue weighted by Crippen LogP contribution is 2.19. The Morgan fingerprint density at radius 3 is 1.38 bits per heavy atom. The standard InChI is InChI=1S/C43H79NO3/c1-3-5-7-9-11-13-15-17-19-21-23-25-27-29-31-33-38-46-43(40-44-37-35-36-42(44)41-45)47-39-34-32-30-28-26-24-22-20-18-16-14-12-10-8-6-4-2/h11-14,17-20,42-43,45H,3-10,15-16,21-41H2,1-2H3/b13-11-,14-12-,19-17-,20-18-/t42-/m0/s1. The second-order valence-electron chi connectivity index (χ2n) is 13.8. The molecule has 1 aliphatic heterocycles. The first-order valence-electron chi connectivity index (χ1n) is 20.5. The van der Waals surface area contributed by atoms with E-state index in [9.17, 15) is 5.11 Å². The predicted octanol–water partition coefficient (Wildman–Crippen LogP) is 12.4. The first-order valence-corrected chi connectivity index (χ1v) is 20.5. The molecule has 1 heterocycles. The molecule has 0 aromatic rings. The lowest BCUT2D eigenvalue weighted by molar-refractivity contribution is -0.156. The molecular weight excluding hydrogens is 578 g/mol. The Kier molecular flexibility index (Phi) is 33.6. The summed E-state index contributed by atoms with van der Waals surface area (Å²) in [6.07, 6.45) is 51.0. The van der Waals surface area contributed by atoms with Crippen molar-refractivity contribution in [3.8, 4) is 0 Å². The van der Waals surface area contributed by atoms with Gasteiger partial charge in [-0.05, 0) is 96.4 Å². The van der Waals surface area contributed by atoms with E-state index >= 15 is 0 Å². The lowest BCUT2D eigenvalue weighted by atomic mass is 10.1. The predicted molar refractivity (Wildman–Crippen MR) is 206 cm³/mol. The fourth-order valence-electron chi connectivity index (χ4n) is 6.30. The Morgan fingerprint density at radius 1 is 0.553 bits per heavy atom. The van der Waals surface area contributed by atoms with Crippen molar-refractivity contribution in [1.82, 2.24) is 4.90 Å². The summed E-state index contributed by atoms with van der Waals surface area (Å²) in [5, 5.41) is 9.78. The summed E-state index contributed by atoms with van der Waals surface area (Å²) in [4.78, 5) is 2.38. The lowest BCUT2D eigenvalue weighted by Gasteiger charge is -2.28. The van der Waals surface area contributed by atoms with Gasteiger partial charge in [0.1, 0.15) is 0 Å². The van der Waals surface area contributed by atoms with Crippen LogP contribution >= 0.6 is 0 Å². The Labute approximate surface area is 293 Å². The van der Waals surface area contributed by atoms with Gasteiger partial charge in [-0.25, -0.2) is 0 Å². The van der Waals surface area contributed by atoms with Crippen LogP contribution in [0, 0.1) is 0 Å². The van der Waals surface area contributed by atoms with Crippen LogP contribution in [0.4, 0.5) is 0 Å². The number of nitrogens with zero attached hydrogens (tertiary/aromatic N) is 1. The van der Waals surface area contributed by atoms with Crippen molar-refractivity contribution in [2.45, 2.75) is 193 Å². The quantitative estimate of drug-likeness (QED) is 0.0418. The highest BCUT2D eigenvalue weighted by Gasteiger charge is 2.26. The zero-order valence-electron chi connectivity index (χ0n) is 31.4. The van der Waals surface area contributed by atoms with Gasteiger partial charge in [0.05, 0.1) is 6.61 Å². The lowest BCUT2D eigenvalue weighted by Crippen LogP contribution is -2.40. The van der Waals surface area contributed by atoms with Crippen LogP contribution in [-0.2, 0) is 9.47 Å². The van der Waals surface area contributed by atoms with Crippen LogP contribution in [0.2, 0.25) is 0 Å². The van der Waals surface area contributed by atoms with Gasteiger partial charge in [0.15, 0.2) is 6.29 Å². The zero-order valence-corrected chi connectivity index (χ0v) is 31.4. The Hall–Kier alpha value is -1.20. The highest BCUT2D eigenvalue weighted by atomic mass is 16.7. The molecule has 1 aliphatic rings. The van der Waals surface area contributed by atoms with E-state index < -0.39 is 0 Å². The van der Waals surface area contributed by atoms with Crippen LogP contribution in [0.5, 0.6) is 0 Å². The van der Waals surface area contributed by atoms with Crippen LogP contribution in [0.3, 0.4) is 0 Å². The normalized spacial score (nSPS) is 16.1. The highest BCUT2D eigenvalue weighted by molar-refractivity contribution is 4.93. The molecule has 1 fully saturated rings. The maximum Gasteiger partial charge on any atom is 0.170 e. The van der Waals surface area contributed by atoms with Crippen molar-refractivity contribution >= 4 is 0 Å². The fraction of sp³-hybridized carbons (Fsp3) is 0.814. The molecule has 274 valence electrons. The SMILES string of the molecule is CCCCC/C=C\C/C=C\CCCCCCCCOC(CN1CCC[C@H]1CO)OCCCCCCCC/C=C\C/C=C\CCCCC. The van der Waals surface area contributed by atoms with Gasteiger partial charge in [-0.1, -0.05) is 140 Å². The van der Waals surface area contributed by atoms with Gasteiger partial charge >= 0.3 is 0 Å². The van der Waals surface area contributed by atoms with Crippen LogP contribution in [0.1, 0.15) is 181 Å². The molecule has 4 nitrogen and oxygen atoms in total. The molecule has 0 unspecified atom stereocenters. The molecule has 0 aromatic carbocycles. The summed E-state index contributed by atoms with van der Waals surface area (Å²) in [5.41, 5.74) is 0. The first-order chi connectivity index (χ1) is 23.3. The number of rotatable bonds is 35. The molecular formula is C43H79NO3. The van der Waals surface area contributed by atoms with E-state index in [0.717, 1.165) is 64.8 Å². The first kappa shape index (κ1) is 43.8. The number of likely N-dealkylation sites (tertiary alicyclic amines) is 1. The van der Waals surface area contributed by atoms with Gasteiger partial charge < -0.3 is 14.6 Å². The molecule has 0 aromatic heterocycles. The molecule has 0 aliphatic carbocycles. The Balaban J connectivity index is 2.07. The average molecular weight is 658 g/mol. The molecule has 0 spiro atoms. The molecule has 1 rings (SSSR count). The van der Waals surface area contributed by atoms with E-state index in [1.807, 2.05) is 0 Å². The largest absolute Gasteiger partial charge is 0.395 e. The number of aliphatic hydroxyl groups excluding tert-OH is 1. The van der Waals surface area contributed by atoms with Crippen LogP contribution in [0.25, 0.3) is 0 Å². The third kappa shape index (κ3) is 29.4. The topological polar surface area (TPSA) is 41.9 Å². The molecule has 1 saturated heterocycles. The van der Waals surface area contributed by atoms with E-state index in [2.05, 4.69) is 67.4 Å². The summed E-state index contributed by atoms with van der Waals surface area (Å²) in [5.74, 6) is 0. The number of ether oxygens (including phenoxy) is 2. The fourth-order valence-corrected chi connectivity index (χ4v) is 6.30.